The van der Waals surface area contributed by atoms with Crippen molar-refractivity contribution in [3.8, 4) is 0 Å². The number of halogens is 1. The normalized spacial score (nSPS) is 15.8. The summed E-state index contributed by atoms with van der Waals surface area (Å²) in [5.74, 6) is 1.67. The molecule has 136 valence electrons. The highest BCUT2D eigenvalue weighted by molar-refractivity contribution is 14.0. The number of piperidine rings is 1. The minimum absolute atomic E-state index is 0. The highest BCUT2D eigenvalue weighted by atomic mass is 127. The Hall–Kier alpha value is -1.32. The number of guanidine groups is 1. The van der Waals surface area contributed by atoms with E-state index in [0.29, 0.717) is 5.92 Å². The SMILES string of the molecule is CN=C(NCC1CCN(C(C)=O)CC1)N(C)Cc1cnn(C)c1.I. The van der Waals surface area contributed by atoms with Gasteiger partial charge in [0.05, 0.1) is 6.20 Å². The number of amides is 1. The maximum absolute atomic E-state index is 11.4. The molecule has 8 heteroatoms. The predicted molar refractivity (Wildman–Crippen MR) is 106 cm³/mol. The van der Waals surface area contributed by atoms with Gasteiger partial charge in [-0.2, -0.15) is 5.10 Å². The number of rotatable bonds is 4. The minimum Gasteiger partial charge on any atom is -0.356 e. The van der Waals surface area contributed by atoms with E-state index in [9.17, 15) is 4.79 Å². The smallest absolute Gasteiger partial charge is 0.219 e. The summed E-state index contributed by atoms with van der Waals surface area (Å²) in [6.45, 7) is 5.05. The number of aliphatic imine (C=N–C) groups is 1. The third-order valence-corrected chi connectivity index (χ3v) is 4.36. The molecule has 0 unspecified atom stereocenters. The van der Waals surface area contributed by atoms with Gasteiger partial charge in [-0.1, -0.05) is 0 Å². The monoisotopic (exact) mass is 448 g/mol. The molecule has 1 aromatic heterocycles. The van der Waals surface area contributed by atoms with Crippen molar-refractivity contribution in [1.82, 2.24) is 24.9 Å². The number of hydrogen-bond acceptors (Lipinski definition) is 3. The van der Waals surface area contributed by atoms with E-state index in [1.165, 1.54) is 0 Å². The molecule has 1 aliphatic heterocycles. The maximum atomic E-state index is 11.4. The van der Waals surface area contributed by atoms with Crippen LogP contribution >= 0.6 is 24.0 Å². The summed E-state index contributed by atoms with van der Waals surface area (Å²) < 4.78 is 1.81. The van der Waals surface area contributed by atoms with Crippen LogP contribution in [0.4, 0.5) is 0 Å². The Kier molecular flexibility index (Phi) is 8.51. The fourth-order valence-electron chi connectivity index (χ4n) is 2.97. The molecule has 1 fully saturated rings. The molecular formula is C16H29IN6O. The largest absolute Gasteiger partial charge is 0.356 e. The van der Waals surface area contributed by atoms with Crippen molar-refractivity contribution in [2.45, 2.75) is 26.3 Å². The van der Waals surface area contributed by atoms with Crippen LogP contribution in [0.15, 0.2) is 17.4 Å². The number of nitrogens with zero attached hydrogens (tertiary/aromatic N) is 5. The maximum Gasteiger partial charge on any atom is 0.219 e. The fraction of sp³-hybridized carbons (Fsp3) is 0.688. The zero-order valence-electron chi connectivity index (χ0n) is 15.0. The second kappa shape index (κ2) is 9.85. The van der Waals surface area contributed by atoms with Crippen LogP contribution in [0, 0.1) is 5.92 Å². The van der Waals surface area contributed by atoms with Gasteiger partial charge in [0.1, 0.15) is 0 Å². The molecule has 1 amide bonds. The zero-order chi connectivity index (χ0) is 16.8. The molecule has 0 spiro atoms. The predicted octanol–water partition coefficient (Wildman–Crippen LogP) is 1.30. The highest BCUT2D eigenvalue weighted by Crippen LogP contribution is 2.16. The first-order valence-electron chi connectivity index (χ1n) is 8.14. The Morgan fingerprint density at radius 1 is 1.46 bits per heavy atom. The molecule has 1 aromatic rings. The number of carbonyl (C=O) groups is 1. The molecule has 1 N–H and O–H groups in total. The molecular weight excluding hydrogens is 419 g/mol. The Labute approximate surface area is 161 Å². The molecule has 24 heavy (non-hydrogen) atoms. The van der Waals surface area contributed by atoms with Crippen LogP contribution in [-0.4, -0.2) is 65.2 Å². The second-order valence-electron chi connectivity index (χ2n) is 6.26. The number of aryl methyl sites for hydroxylation is 1. The first kappa shape index (κ1) is 20.7. The van der Waals surface area contributed by atoms with Crippen LogP contribution in [0.3, 0.4) is 0 Å². The first-order chi connectivity index (χ1) is 11.0. The Morgan fingerprint density at radius 3 is 2.62 bits per heavy atom. The topological polar surface area (TPSA) is 65.8 Å². The van der Waals surface area contributed by atoms with Crippen LogP contribution in [-0.2, 0) is 18.4 Å². The number of hydrogen-bond donors (Lipinski definition) is 1. The van der Waals surface area contributed by atoms with Crippen LogP contribution < -0.4 is 5.32 Å². The van der Waals surface area contributed by atoms with Crippen LogP contribution in [0.2, 0.25) is 0 Å². The summed E-state index contributed by atoms with van der Waals surface area (Å²) in [6.07, 6.45) is 5.99. The highest BCUT2D eigenvalue weighted by Gasteiger charge is 2.21. The average Bonchev–Trinajstić information content (AvgIpc) is 2.93. The van der Waals surface area contributed by atoms with Crippen molar-refractivity contribution in [1.29, 1.82) is 0 Å². The molecule has 1 saturated heterocycles. The Morgan fingerprint density at radius 2 is 2.12 bits per heavy atom. The van der Waals surface area contributed by atoms with Crippen molar-refractivity contribution in [3.63, 3.8) is 0 Å². The lowest BCUT2D eigenvalue weighted by molar-refractivity contribution is -0.130. The van der Waals surface area contributed by atoms with Crippen molar-refractivity contribution < 1.29 is 4.79 Å². The Balaban J connectivity index is 0.00000288. The van der Waals surface area contributed by atoms with E-state index in [4.69, 9.17) is 0 Å². The van der Waals surface area contributed by atoms with E-state index in [2.05, 4.69) is 20.3 Å². The molecule has 1 aliphatic rings. The summed E-state index contributed by atoms with van der Waals surface area (Å²) in [7, 11) is 5.76. The molecule has 0 saturated carbocycles. The quantitative estimate of drug-likeness (QED) is 0.429. The number of carbonyl (C=O) groups excluding carboxylic acids is 1. The summed E-state index contributed by atoms with van der Waals surface area (Å²) >= 11 is 0. The van der Waals surface area contributed by atoms with Crippen molar-refractivity contribution >= 4 is 35.8 Å². The number of nitrogens with one attached hydrogen (secondary N) is 1. The van der Waals surface area contributed by atoms with Crippen molar-refractivity contribution in [2.24, 2.45) is 18.0 Å². The number of likely N-dealkylation sites (tertiary alicyclic amines) is 1. The lowest BCUT2D eigenvalue weighted by Gasteiger charge is -2.32. The van der Waals surface area contributed by atoms with Gasteiger partial charge in [-0.25, -0.2) is 0 Å². The first-order valence-corrected chi connectivity index (χ1v) is 8.14. The van der Waals surface area contributed by atoms with E-state index in [1.54, 1.807) is 14.0 Å². The van der Waals surface area contributed by atoms with Gasteiger partial charge >= 0.3 is 0 Å². The van der Waals surface area contributed by atoms with Crippen LogP contribution in [0.25, 0.3) is 0 Å². The molecule has 0 aromatic carbocycles. The van der Waals surface area contributed by atoms with Gasteiger partial charge < -0.3 is 15.1 Å². The van der Waals surface area contributed by atoms with Crippen LogP contribution in [0.1, 0.15) is 25.3 Å². The Bertz CT molecular complexity index is 551. The van der Waals surface area contributed by atoms with Gasteiger partial charge in [0.15, 0.2) is 5.96 Å². The summed E-state index contributed by atoms with van der Waals surface area (Å²) in [4.78, 5) is 19.7. The fourth-order valence-corrected chi connectivity index (χ4v) is 2.97. The molecule has 0 atom stereocenters. The van der Waals surface area contributed by atoms with Gasteiger partial charge in [0.2, 0.25) is 5.91 Å². The molecule has 2 rings (SSSR count). The van der Waals surface area contributed by atoms with Gasteiger partial charge in [-0.15, -0.1) is 24.0 Å². The standard InChI is InChI=1S/C16H28N6O.HI/c1-13(23)22-7-5-14(6-8-22)9-18-16(17-2)20(3)11-15-10-19-21(4)12-15;/h10,12,14H,5-9,11H2,1-4H3,(H,17,18);1H. The molecule has 0 radical (unpaired) electrons. The van der Waals surface area contributed by atoms with Crippen molar-refractivity contribution in [3.05, 3.63) is 18.0 Å². The van der Waals surface area contributed by atoms with Crippen LogP contribution in [0.5, 0.6) is 0 Å². The van der Waals surface area contributed by atoms with E-state index >= 15 is 0 Å². The lowest BCUT2D eigenvalue weighted by Crippen LogP contribution is -2.44. The summed E-state index contributed by atoms with van der Waals surface area (Å²) in [5, 5.41) is 7.65. The van der Waals surface area contributed by atoms with E-state index in [0.717, 1.165) is 50.5 Å². The van der Waals surface area contributed by atoms with Gasteiger partial charge in [0.25, 0.3) is 0 Å². The van der Waals surface area contributed by atoms with Gasteiger partial charge in [-0.05, 0) is 18.8 Å². The zero-order valence-corrected chi connectivity index (χ0v) is 17.4. The molecule has 0 bridgehead atoms. The summed E-state index contributed by atoms with van der Waals surface area (Å²) in [5.41, 5.74) is 1.16. The second-order valence-corrected chi connectivity index (χ2v) is 6.26. The van der Waals surface area contributed by atoms with E-state index < -0.39 is 0 Å². The molecule has 2 heterocycles. The van der Waals surface area contributed by atoms with Gasteiger partial charge in [-0.3, -0.25) is 14.5 Å². The van der Waals surface area contributed by atoms with E-state index in [-0.39, 0.29) is 29.9 Å². The van der Waals surface area contributed by atoms with E-state index in [1.807, 2.05) is 36.1 Å². The lowest BCUT2D eigenvalue weighted by atomic mass is 9.97. The molecule has 7 nitrogen and oxygen atoms in total. The van der Waals surface area contributed by atoms with Gasteiger partial charge in [0, 0.05) is 66.0 Å². The summed E-state index contributed by atoms with van der Waals surface area (Å²) in [6, 6.07) is 0. The minimum atomic E-state index is 0. The third kappa shape index (κ3) is 5.95. The average molecular weight is 448 g/mol. The molecule has 0 aliphatic carbocycles. The van der Waals surface area contributed by atoms with Crippen molar-refractivity contribution in [2.75, 3.05) is 33.7 Å². The number of aromatic nitrogens is 2. The third-order valence-electron chi connectivity index (χ3n) is 4.36.